The molecule has 2 aromatic carbocycles. The largest absolute Gasteiger partial charge is 0.497 e. The normalized spacial score (nSPS) is 19.3. The molecule has 2 heterocycles. The number of hydrogen-bond donors (Lipinski definition) is 0. The Kier molecular flexibility index (Phi) is 3.33. The van der Waals surface area contributed by atoms with Crippen molar-refractivity contribution in [1.82, 2.24) is 0 Å². The Labute approximate surface area is 134 Å². The minimum atomic E-state index is 0.137. The number of rotatable bonds is 3. The van der Waals surface area contributed by atoms with Gasteiger partial charge in [-0.15, -0.1) is 0 Å². The molecular weight excluding hydrogens is 294 g/mol. The van der Waals surface area contributed by atoms with Gasteiger partial charge in [-0.1, -0.05) is 6.07 Å². The standard InChI is InChI=1S/C18H17NO4/c1-21-15-5-3-14(4-6-15)19-10-13(9-18(19)20)12-2-7-16-17(8-12)23-11-22-16/h2-8,13H,9-11H2,1H3/t13-/m1/s1. The molecule has 0 aliphatic carbocycles. The van der Waals surface area contributed by atoms with Crippen LogP contribution >= 0.6 is 0 Å². The van der Waals surface area contributed by atoms with E-state index in [1.165, 1.54) is 0 Å². The Morgan fingerprint density at radius 1 is 1.09 bits per heavy atom. The lowest BCUT2D eigenvalue weighted by molar-refractivity contribution is -0.117. The Balaban J connectivity index is 1.55. The van der Waals surface area contributed by atoms with Crippen molar-refractivity contribution in [3.63, 3.8) is 0 Å². The van der Waals surface area contributed by atoms with Gasteiger partial charge >= 0.3 is 0 Å². The molecule has 0 bridgehead atoms. The first-order chi connectivity index (χ1) is 11.2. The third-order valence-electron chi connectivity index (χ3n) is 4.38. The van der Waals surface area contributed by atoms with Crippen LogP contribution in [0.5, 0.6) is 17.2 Å². The first-order valence-corrected chi connectivity index (χ1v) is 7.58. The first-order valence-electron chi connectivity index (χ1n) is 7.58. The first kappa shape index (κ1) is 13.9. The molecule has 2 aliphatic rings. The van der Waals surface area contributed by atoms with Gasteiger partial charge in [0.1, 0.15) is 5.75 Å². The van der Waals surface area contributed by atoms with Crippen molar-refractivity contribution in [3.8, 4) is 17.2 Å². The third-order valence-corrected chi connectivity index (χ3v) is 4.38. The summed E-state index contributed by atoms with van der Waals surface area (Å²) in [6.45, 7) is 0.936. The van der Waals surface area contributed by atoms with Crippen molar-refractivity contribution in [3.05, 3.63) is 48.0 Å². The van der Waals surface area contributed by atoms with E-state index in [1.807, 2.05) is 47.4 Å². The highest BCUT2D eigenvalue weighted by molar-refractivity contribution is 5.96. The van der Waals surface area contributed by atoms with Crippen molar-refractivity contribution in [1.29, 1.82) is 0 Å². The molecule has 0 N–H and O–H groups in total. The van der Waals surface area contributed by atoms with Gasteiger partial charge in [0, 0.05) is 24.6 Å². The molecular formula is C18H17NO4. The summed E-state index contributed by atoms with van der Waals surface area (Å²) in [5, 5.41) is 0. The fourth-order valence-electron chi connectivity index (χ4n) is 3.11. The minimum Gasteiger partial charge on any atom is -0.497 e. The minimum absolute atomic E-state index is 0.137. The lowest BCUT2D eigenvalue weighted by Crippen LogP contribution is -2.24. The van der Waals surface area contributed by atoms with Crippen LogP contribution < -0.4 is 19.1 Å². The van der Waals surface area contributed by atoms with Crippen molar-refractivity contribution in [2.24, 2.45) is 0 Å². The van der Waals surface area contributed by atoms with E-state index >= 15 is 0 Å². The van der Waals surface area contributed by atoms with Crippen LogP contribution in [0, 0.1) is 0 Å². The fraction of sp³-hybridized carbons (Fsp3) is 0.278. The molecule has 5 nitrogen and oxygen atoms in total. The summed E-state index contributed by atoms with van der Waals surface area (Å²) in [6.07, 6.45) is 0.506. The highest BCUT2D eigenvalue weighted by atomic mass is 16.7. The van der Waals surface area contributed by atoms with Crippen LogP contribution in [0.15, 0.2) is 42.5 Å². The van der Waals surface area contributed by atoms with E-state index in [4.69, 9.17) is 14.2 Å². The Morgan fingerprint density at radius 3 is 2.65 bits per heavy atom. The van der Waals surface area contributed by atoms with Gasteiger partial charge < -0.3 is 19.1 Å². The molecule has 1 saturated heterocycles. The molecule has 1 amide bonds. The summed E-state index contributed by atoms with van der Waals surface area (Å²) in [7, 11) is 1.63. The molecule has 23 heavy (non-hydrogen) atoms. The molecule has 0 spiro atoms. The number of carbonyl (C=O) groups is 1. The number of amides is 1. The number of anilines is 1. The summed E-state index contributed by atoms with van der Waals surface area (Å²) in [5.41, 5.74) is 2.01. The van der Waals surface area contributed by atoms with Crippen LogP contribution in [-0.4, -0.2) is 26.4 Å². The maximum atomic E-state index is 12.4. The smallest absolute Gasteiger partial charge is 0.231 e. The Bertz CT molecular complexity index is 741. The van der Waals surface area contributed by atoms with Gasteiger partial charge in [0.15, 0.2) is 11.5 Å². The predicted molar refractivity (Wildman–Crippen MR) is 85.3 cm³/mol. The zero-order valence-electron chi connectivity index (χ0n) is 12.8. The molecule has 118 valence electrons. The molecule has 5 heteroatoms. The molecule has 1 atom stereocenters. The number of ether oxygens (including phenoxy) is 3. The van der Waals surface area contributed by atoms with Gasteiger partial charge in [0.05, 0.1) is 7.11 Å². The Morgan fingerprint density at radius 2 is 1.87 bits per heavy atom. The molecule has 0 radical (unpaired) electrons. The van der Waals surface area contributed by atoms with Gasteiger partial charge in [-0.2, -0.15) is 0 Å². The van der Waals surface area contributed by atoms with E-state index in [9.17, 15) is 4.79 Å². The van der Waals surface area contributed by atoms with E-state index in [2.05, 4.69) is 0 Å². The number of carbonyl (C=O) groups excluding carboxylic acids is 1. The second-order valence-electron chi connectivity index (χ2n) is 5.72. The van der Waals surface area contributed by atoms with E-state index in [-0.39, 0.29) is 18.6 Å². The number of fused-ring (bicyclic) bond motifs is 1. The van der Waals surface area contributed by atoms with E-state index < -0.39 is 0 Å². The molecule has 0 aromatic heterocycles. The van der Waals surface area contributed by atoms with Crippen molar-refractivity contribution in [2.45, 2.75) is 12.3 Å². The highest BCUT2D eigenvalue weighted by Gasteiger charge is 2.32. The molecule has 0 unspecified atom stereocenters. The summed E-state index contributed by atoms with van der Waals surface area (Å²) in [6, 6.07) is 13.5. The molecule has 1 fully saturated rings. The van der Waals surface area contributed by atoms with Gasteiger partial charge in [-0.25, -0.2) is 0 Å². The lowest BCUT2D eigenvalue weighted by Gasteiger charge is -2.17. The van der Waals surface area contributed by atoms with Crippen LogP contribution in [0.4, 0.5) is 5.69 Å². The molecule has 4 rings (SSSR count). The summed E-state index contributed by atoms with van der Waals surface area (Å²) in [5.74, 6) is 2.62. The number of hydrogen-bond acceptors (Lipinski definition) is 4. The van der Waals surface area contributed by atoms with E-state index in [1.54, 1.807) is 7.11 Å². The van der Waals surface area contributed by atoms with E-state index in [0.717, 1.165) is 28.5 Å². The number of nitrogens with zero attached hydrogens (tertiary/aromatic N) is 1. The highest BCUT2D eigenvalue weighted by Crippen LogP contribution is 2.38. The number of benzene rings is 2. The van der Waals surface area contributed by atoms with Gasteiger partial charge in [-0.3, -0.25) is 4.79 Å². The average molecular weight is 311 g/mol. The van der Waals surface area contributed by atoms with Gasteiger partial charge in [-0.05, 0) is 42.0 Å². The molecule has 0 saturated carbocycles. The summed E-state index contributed by atoms with van der Waals surface area (Å²) >= 11 is 0. The van der Waals surface area contributed by atoms with Crippen molar-refractivity contribution >= 4 is 11.6 Å². The summed E-state index contributed by atoms with van der Waals surface area (Å²) in [4.78, 5) is 14.2. The van der Waals surface area contributed by atoms with Crippen molar-refractivity contribution < 1.29 is 19.0 Å². The average Bonchev–Trinajstić information content (AvgIpc) is 3.20. The topological polar surface area (TPSA) is 48.0 Å². The van der Waals surface area contributed by atoms with E-state index in [0.29, 0.717) is 13.0 Å². The second-order valence-corrected chi connectivity index (χ2v) is 5.72. The van der Waals surface area contributed by atoms with Crippen molar-refractivity contribution in [2.75, 3.05) is 25.3 Å². The zero-order valence-corrected chi connectivity index (χ0v) is 12.8. The maximum absolute atomic E-state index is 12.4. The number of methoxy groups -OCH3 is 1. The second kappa shape index (κ2) is 5.50. The molecule has 2 aromatic rings. The lowest BCUT2D eigenvalue weighted by atomic mass is 9.98. The quantitative estimate of drug-likeness (QED) is 0.874. The third kappa shape index (κ3) is 2.48. The van der Waals surface area contributed by atoms with Crippen LogP contribution in [0.1, 0.15) is 17.9 Å². The van der Waals surface area contributed by atoms with Crippen LogP contribution in [0.2, 0.25) is 0 Å². The predicted octanol–water partition coefficient (Wildman–Crippen LogP) is 2.94. The van der Waals surface area contributed by atoms with Crippen LogP contribution in [0.25, 0.3) is 0 Å². The summed E-state index contributed by atoms with van der Waals surface area (Å²) < 4.78 is 15.9. The van der Waals surface area contributed by atoms with Crippen LogP contribution in [-0.2, 0) is 4.79 Å². The maximum Gasteiger partial charge on any atom is 0.231 e. The van der Waals surface area contributed by atoms with Gasteiger partial charge in [0.25, 0.3) is 0 Å². The fourth-order valence-corrected chi connectivity index (χ4v) is 3.11. The van der Waals surface area contributed by atoms with Gasteiger partial charge in [0.2, 0.25) is 12.7 Å². The SMILES string of the molecule is COc1ccc(N2C[C@H](c3ccc4c(c3)OCO4)CC2=O)cc1. The van der Waals surface area contributed by atoms with Crippen LogP contribution in [0.3, 0.4) is 0 Å². The monoisotopic (exact) mass is 311 g/mol. The Hall–Kier alpha value is -2.69. The zero-order chi connectivity index (χ0) is 15.8. The molecule has 2 aliphatic heterocycles.